The van der Waals surface area contributed by atoms with Crippen LogP contribution in [0.15, 0.2) is 77.7 Å². The summed E-state index contributed by atoms with van der Waals surface area (Å²) in [6.07, 6.45) is 0.358. The summed E-state index contributed by atoms with van der Waals surface area (Å²) in [6.45, 7) is 8.61. The van der Waals surface area contributed by atoms with Gasteiger partial charge in [-0.05, 0) is 49.1 Å². The van der Waals surface area contributed by atoms with Crippen molar-refractivity contribution < 1.29 is 27.5 Å². The van der Waals surface area contributed by atoms with Gasteiger partial charge in [0.1, 0.15) is 25.8 Å². The summed E-state index contributed by atoms with van der Waals surface area (Å²) in [5, 5.41) is 2.95. The van der Waals surface area contributed by atoms with Crippen molar-refractivity contribution in [1.29, 1.82) is 0 Å². The van der Waals surface area contributed by atoms with Crippen LogP contribution in [0.5, 0.6) is 11.5 Å². The molecule has 0 spiro atoms. The fourth-order valence-electron chi connectivity index (χ4n) is 4.78. The Labute approximate surface area is 248 Å². The van der Waals surface area contributed by atoms with Gasteiger partial charge in [0, 0.05) is 19.2 Å². The molecule has 3 aromatic carbocycles. The Morgan fingerprint density at radius 2 is 1.64 bits per heavy atom. The van der Waals surface area contributed by atoms with Gasteiger partial charge in [-0.1, -0.05) is 68.8 Å². The normalized spacial score (nSPS) is 13.4. The second kappa shape index (κ2) is 13.7. The number of hydrogen-bond acceptors (Lipinski definition) is 6. The fourth-order valence-corrected chi connectivity index (χ4v) is 6.21. The molecule has 4 rings (SSSR count). The zero-order valence-electron chi connectivity index (χ0n) is 24.6. The zero-order valence-corrected chi connectivity index (χ0v) is 25.4. The summed E-state index contributed by atoms with van der Waals surface area (Å²) in [4.78, 5) is 29.1. The lowest BCUT2D eigenvalue weighted by molar-refractivity contribution is -0.140. The molecule has 0 radical (unpaired) electrons. The van der Waals surface area contributed by atoms with Gasteiger partial charge in [0.05, 0.1) is 10.6 Å². The molecule has 0 fully saturated rings. The Morgan fingerprint density at radius 1 is 0.929 bits per heavy atom. The number of aryl methyl sites for hydroxylation is 1. The Hall–Kier alpha value is -4.05. The SMILES string of the molecule is CC[C@H](C(=O)NCC(C)C)N(Cc1cccc(C)c1)C(=O)CN(c1ccc2c(c1)OCCO2)S(=O)(=O)c1ccccc1. The molecule has 0 aromatic heterocycles. The summed E-state index contributed by atoms with van der Waals surface area (Å²) in [5.41, 5.74) is 2.11. The van der Waals surface area contributed by atoms with E-state index in [4.69, 9.17) is 9.47 Å². The number of carbonyl (C=O) groups is 2. The minimum Gasteiger partial charge on any atom is -0.486 e. The molecule has 224 valence electrons. The van der Waals surface area contributed by atoms with E-state index in [1.54, 1.807) is 36.4 Å². The van der Waals surface area contributed by atoms with Gasteiger partial charge in [0.25, 0.3) is 10.0 Å². The second-order valence-corrected chi connectivity index (χ2v) is 12.6. The van der Waals surface area contributed by atoms with E-state index < -0.39 is 28.5 Å². The highest BCUT2D eigenvalue weighted by molar-refractivity contribution is 7.92. The van der Waals surface area contributed by atoms with E-state index in [2.05, 4.69) is 5.32 Å². The molecule has 1 aliphatic heterocycles. The van der Waals surface area contributed by atoms with Gasteiger partial charge in [-0.15, -0.1) is 0 Å². The first-order chi connectivity index (χ1) is 20.1. The smallest absolute Gasteiger partial charge is 0.264 e. The van der Waals surface area contributed by atoms with Crippen molar-refractivity contribution in [2.24, 2.45) is 5.92 Å². The van der Waals surface area contributed by atoms with Gasteiger partial charge < -0.3 is 19.7 Å². The first-order valence-corrected chi connectivity index (χ1v) is 15.6. The maximum absolute atomic E-state index is 14.2. The first-order valence-electron chi connectivity index (χ1n) is 14.2. The Balaban J connectivity index is 1.74. The molecular formula is C32H39N3O6S. The van der Waals surface area contributed by atoms with Crippen LogP contribution in [-0.2, 0) is 26.2 Å². The standard InChI is InChI=1S/C32H39N3O6S/c1-5-28(32(37)33-20-23(2)3)34(21-25-11-9-10-24(4)18-25)31(36)22-35(42(38,39)27-12-7-6-8-13-27)26-14-15-29-30(19-26)41-17-16-40-29/h6-15,18-19,23,28H,5,16-17,20-22H2,1-4H3,(H,33,37)/t28-/m1/s1. The first kappa shape index (κ1) is 30.9. The lowest BCUT2D eigenvalue weighted by atomic mass is 10.1. The van der Waals surface area contributed by atoms with E-state index in [9.17, 15) is 18.0 Å². The monoisotopic (exact) mass is 593 g/mol. The molecule has 0 saturated carbocycles. The van der Waals surface area contributed by atoms with Crippen LogP contribution in [0.1, 0.15) is 38.3 Å². The van der Waals surface area contributed by atoms with E-state index in [0.29, 0.717) is 37.7 Å². The van der Waals surface area contributed by atoms with E-state index in [1.807, 2.05) is 52.0 Å². The average Bonchev–Trinajstić information content (AvgIpc) is 2.98. The molecule has 0 saturated heterocycles. The summed E-state index contributed by atoms with van der Waals surface area (Å²) in [6, 6.07) is 19.7. The molecule has 0 bridgehead atoms. The van der Waals surface area contributed by atoms with E-state index in [-0.39, 0.29) is 29.0 Å². The van der Waals surface area contributed by atoms with Crippen molar-refractivity contribution in [3.8, 4) is 11.5 Å². The molecule has 3 aromatic rings. The van der Waals surface area contributed by atoms with Gasteiger partial charge in [-0.3, -0.25) is 13.9 Å². The van der Waals surface area contributed by atoms with Crippen LogP contribution in [0.2, 0.25) is 0 Å². The maximum atomic E-state index is 14.2. The van der Waals surface area contributed by atoms with Crippen LogP contribution in [0.3, 0.4) is 0 Å². The predicted octanol–water partition coefficient (Wildman–Crippen LogP) is 4.54. The number of nitrogens with zero attached hydrogens (tertiary/aromatic N) is 2. The van der Waals surface area contributed by atoms with Gasteiger partial charge in [0.15, 0.2) is 11.5 Å². The highest BCUT2D eigenvalue weighted by Crippen LogP contribution is 2.36. The Bertz CT molecular complexity index is 1490. The van der Waals surface area contributed by atoms with E-state index in [1.165, 1.54) is 17.0 Å². The van der Waals surface area contributed by atoms with Gasteiger partial charge in [0.2, 0.25) is 11.8 Å². The fraction of sp³-hybridized carbons (Fsp3) is 0.375. The number of hydrogen-bond donors (Lipinski definition) is 1. The summed E-state index contributed by atoms with van der Waals surface area (Å²) < 4.78 is 40.4. The minimum absolute atomic E-state index is 0.0413. The number of amides is 2. The van der Waals surface area contributed by atoms with Crippen molar-refractivity contribution in [2.45, 2.75) is 51.6 Å². The van der Waals surface area contributed by atoms with Crippen LogP contribution in [0.25, 0.3) is 0 Å². The van der Waals surface area contributed by atoms with Crippen molar-refractivity contribution in [2.75, 3.05) is 30.6 Å². The molecule has 1 heterocycles. The molecule has 1 aliphatic rings. The number of benzene rings is 3. The van der Waals surface area contributed by atoms with Crippen molar-refractivity contribution in [3.05, 3.63) is 83.9 Å². The highest BCUT2D eigenvalue weighted by atomic mass is 32.2. The average molecular weight is 594 g/mol. The van der Waals surface area contributed by atoms with Gasteiger partial charge >= 0.3 is 0 Å². The van der Waals surface area contributed by atoms with Crippen LogP contribution in [0, 0.1) is 12.8 Å². The number of carbonyl (C=O) groups excluding carboxylic acids is 2. The third-order valence-electron chi connectivity index (χ3n) is 6.93. The molecule has 2 amide bonds. The lowest BCUT2D eigenvalue weighted by Crippen LogP contribution is -2.52. The minimum atomic E-state index is -4.17. The highest BCUT2D eigenvalue weighted by Gasteiger charge is 2.34. The molecule has 1 atom stereocenters. The molecule has 0 aliphatic carbocycles. The van der Waals surface area contributed by atoms with Crippen LogP contribution >= 0.6 is 0 Å². The number of fused-ring (bicyclic) bond motifs is 1. The zero-order chi connectivity index (χ0) is 30.3. The number of sulfonamides is 1. The third-order valence-corrected chi connectivity index (χ3v) is 8.72. The third kappa shape index (κ3) is 7.42. The molecule has 9 nitrogen and oxygen atoms in total. The van der Waals surface area contributed by atoms with E-state index >= 15 is 0 Å². The number of ether oxygens (including phenoxy) is 2. The number of nitrogens with one attached hydrogen (secondary N) is 1. The van der Waals surface area contributed by atoms with Gasteiger partial charge in [-0.2, -0.15) is 0 Å². The van der Waals surface area contributed by atoms with Crippen LogP contribution in [0.4, 0.5) is 5.69 Å². The lowest BCUT2D eigenvalue weighted by Gasteiger charge is -2.33. The topological polar surface area (TPSA) is 105 Å². The summed E-state index contributed by atoms with van der Waals surface area (Å²) in [5.74, 6) is 0.355. The molecular weight excluding hydrogens is 554 g/mol. The molecule has 10 heteroatoms. The van der Waals surface area contributed by atoms with Crippen LogP contribution in [-0.4, -0.2) is 57.5 Å². The quantitative estimate of drug-likeness (QED) is 0.331. The predicted molar refractivity (Wildman–Crippen MR) is 162 cm³/mol. The number of anilines is 1. The maximum Gasteiger partial charge on any atom is 0.264 e. The summed E-state index contributed by atoms with van der Waals surface area (Å²) >= 11 is 0. The van der Waals surface area contributed by atoms with Crippen molar-refractivity contribution >= 4 is 27.5 Å². The van der Waals surface area contributed by atoms with Gasteiger partial charge in [-0.25, -0.2) is 8.42 Å². The second-order valence-electron chi connectivity index (χ2n) is 10.7. The van der Waals surface area contributed by atoms with E-state index in [0.717, 1.165) is 15.4 Å². The molecule has 0 unspecified atom stereocenters. The summed E-state index contributed by atoms with van der Waals surface area (Å²) in [7, 11) is -4.17. The molecule has 42 heavy (non-hydrogen) atoms. The number of rotatable bonds is 12. The van der Waals surface area contributed by atoms with Crippen molar-refractivity contribution in [3.63, 3.8) is 0 Å². The Morgan fingerprint density at radius 3 is 2.31 bits per heavy atom. The largest absolute Gasteiger partial charge is 0.486 e. The Kier molecular flexibility index (Phi) is 10.1. The van der Waals surface area contributed by atoms with Crippen molar-refractivity contribution in [1.82, 2.24) is 10.2 Å². The van der Waals surface area contributed by atoms with Crippen LogP contribution < -0.4 is 19.1 Å². The molecule has 1 N–H and O–H groups in total.